The highest BCUT2D eigenvalue weighted by Gasteiger charge is 2.42. The highest BCUT2D eigenvalue weighted by molar-refractivity contribution is 6.01. The third-order valence-electron chi connectivity index (χ3n) is 7.14. The van der Waals surface area contributed by atoms with E-state index in [1.807, 2.05) is 6.07 Å². The topological polar surface area (TPSA) is 71.1 Å². The molecule has 0 bridgehead atoms. The SMILES string of the molecule is C=C1CCC(N2Cc3cc(O[C@H]4CCC[C@@H]4N4CC(OCC(F)(F)F)C4)ccc3C2=O)C(=O)N1. The zero-order valence-corrected chi connectivity index (χ0v) is 18.8. The van der Waals surface area contributed by atoms with Gasteiger partial charge in [-0.1, -0.05) is 6.58 Å². The summed E-state index contributed by atoms with van der Waals surface area (Å²) in [7, 11) is 0. The molecule has 3 fully saturated rings. The number of nitrogens with zero attached hydrogens (tertiary/aromatic N) is 2. The maximum absolute atomic E-state index is 12.9. The quantitative estimate of drug-likeness (QED) is 0.680. The van der Waals surface area contributed by atoms with E-state index in [-0.39, 0.29) is 24.0 Å². The normalized spacial score (nSPS) is 28.1. The number of halogens is 3. The molecule has 0 spiro atoms. The van der Waals surface area contributed by atoms with Crippen LogP contribution < -0.4 is 10.1 Å². The summed E-state index contributed by atoms with van der Waals surface area (Å²) >= 11 is 0. The van der Waals surface area contributed by atoms with E-state index in [1.165, 1.54) is 0 Å². The van der Waals surface area contributed by atoms with E-state index in [0.717, 1.165) is 24.8 Å². The first-order chi connectivity index (χ1) is 16.2. The van der Waals surface area contributed by atoms with Gasteiger partial charge in [-0.25, -0.2) is 0 Å². The zero-order chi connectivity index (χ0) is 24.0. The van der Waals surface area contributed by atoms with Gasteiger partial charge < -0.3 is 19.7 Å². The van der Waals surface area contributed by atoms with Crippen molar-refractivity contribution in [2.45, 2.75) is 69.1 Å². The van der Waals surface area contributed by atoms with Crippen molar-refractivity contribution in [3.05, 3.63) is 41.6 Å². The first-order valence-corrected chi connectivity index (χ1v) is 11.7. The number of hydrogen-bond acceptors (Lipinski definition) is 5. The van der Waals surface area contributed by atoms with E-state index in [0.29, 0.717) is 49.5 Å². The monoisotopic (exact) mass is 479 g/mol. The average molecular weight is 479 g/mol. The second-order valence-electron chi connectivity index (χ2n) is 9.56. The standard InChI is InChI=1S/C24H28F3N3O4/c1-14-5-8-20(22(31)28-14)30-10-15-9-16(6-7-18(15)23(30)32)34-21-4-2-3-19(21)29-11-17(12-29)33-13-24(25,26)27/h6-7,9,17,19-21H,1-5,8,10-13H2,(H,28,31)/t19-,20?,21-/m0/s1. The van der Waals surface area contributed by atoms with Crippen LogP contribution in [0.5, 0.6) is 5.75 Å². The maximum atomic E-state index is 12.9. The lowest BCUT2D eigenvalue weighted by Gasteiger charge is -2.44. The van der Waals surface area contributed by atoms with Gasteiger partial charge in [-0.05, 0) is 55.9 Å². The summed E-state index contributed by atoms with van der Waals surface area (Å²) in [6, 6.07) is 5.03. The molecule has 1 aromatic rings. The lowest BCUT2D eigenvalue weighted by Crippen LogP contribution is -2.59. The van der Waals surface area contributed by atoms with E-state index < -0.39 is 24.9 Å². The van der Waals surface area contributed by atoms with Gasteiger partial charge in [-0.2, -0.15) is 13.2 Å². The van der Waals surface area contributed by atoms with Crippen LogP contribution in [0.2, 0.25) is 0 Å². The van der Waals surface area contributed by atoms with Gasteiger partial charge in [0.25, 0.3) is 5.91 Å². The van der Waals surface area contributed by atoms with Crippen molar-refractivity contribution >= 4 is 11.8 Å². The number of hydrogen-bond donors (Lipinski definition) is 1. The second-order valence-corrected chi connectivity index (χ2v) is 9.56. The molecule has 5 rings (SSSR count). The van der Waals surface area contributed by atoms with Crippen LogP contribution in [0.1, 0.15) is 48.0 Å². The molecular weight excluding hydrogens is 451 g/mol. The van der Waals surface area contributed by atoms with Gasteiger partial charge in [-0.3, -0.25) is 14.5 Å². The lowest BCUT2D eigenvalue weighted by molar-refractivity contribution is -0.202. The van der Waals surface area contributed by atoms with Crippen LogP contribution in [0, 0.1) is 0 Å². The number of benzene rings is 1. The summed E-state index contributed by atoms with van der Waals surface area (Å²) in [4.78, 5) is 29.0. The van der Waals surface area contributed by atoms with E-state index in [2.05, 4.69) is 16.8 Å². The largest absolute Gasteiger partial charge is 0.489 e. The Balaban J connectivity index is 1.19. The third kappa shape index (κ3) is 4.65. The number of likely N-dealkylation sites (tertiary alicyclic amines) is 1. The molecule has 7 nitrogen and oxygen atoms in total. The van der Waals surface area contributed by atoms with Gasteiger partial charge in [0, 0.05) is 36.9 Å². The van der Waals surface area contributed by atoms with Gasteiger partial charge >= 0.3 is 6.18 Å². The molecule has 0 radical (unpaired) electrons. The first kappa shape index (κ1) is 23.2. The molecule has 10 heteroatoms. The van der Waals surface area contributed by atoms with Crippen LogP contribution in [0.15, 0.2) is 30.5 Å². The fraction of sp³-hybridized carbons (Fsp3) is 0.583. The Morgan fingerprint density at radius 1 is 1.15 bits per heavy atom. The Morgan fingerprint density at radius 3 is 2.68 bits per heavy atom. The van der Waals surface area contributed by atoms with Crippen molar-refractivity contribution in [3.63, 3.8) is 0 Å². The number of alkyl halides is 3. The number of carbonyl (C=O) groups excluding carboxylic acids is 2. The number of nitrogens with one attached hydrogen (secondary N) is 1. The second kappa shape index (κ2) is 8.88. The Labute approximate surface area is 195 Å². The van der Waals surface area contributed by atoms with Crippen LogP contribution in [0.25, 0.3) is 0 Å². The molecule has 1 unspecified atom stereocenters. The molecule has 3 atom stereocenters. The Kier molecular flexibility index (Phi) is 6.05. The van der Waals surface area contributed by atoms with E-state index in [4.69, 9.17) is 9.47 Å². The van der Waals surface area contributed by atoms with Crippen LogP contribution >= 0.6 is 0 Å². The van der Waals surface area contributed by atoms with Gasteiger partial charge in [0.2, 0.25) is 5.91 Å². The van der Waals surface area contributed by atoms with Gasteiger partial charge in [0.1, 0.15) is 24.5 Å². The highest BCUT2D eigenvalue weighted by Crippen LogP contribution is 2.35. The number of piperidine rings is 1. The zero-order valence-electron chi connectivity index (χ0n) is 18.8. The number of ether oxygens (including phenoxy) is 2. The molecule has 184 valence electrons. The molecule has 4 aliphatic rings. The lowest BCUT2D eigenvalue weighted by atomic mass is 10.0. The average Bonchev–Trinajstić information content (AvgIpc) is 3.30. The molecule has 1 aromatic carbocycles. The molecule has 3 aliphatic heterocycles. The number of carbonyl (C=O) groups is 2. The van der Waals surface area contributed by atoms with Crippen molar-refractivity contribution in [3.8, 4) is 5.75 Å². The van der Waals surface area contributed by atoms with Crippen molar-refractivity contribution in [1.29, 1.82) is 0 Å². The highest BCUT2D eigenvalue weighted by atomic mass is 19.4. The van der Waals surface area contributed by atoms with Crippen LogP contribution in [-0.4, -0.2) is 71.8 Å². The predicted molar refractivity (Wildman–Crippen MR) is 116 cm³/mol. The molecule has 1 saturated carbocycles. The van der Waals surface area contributed by atoms with Crippen molar-refractivity contribution < 1.29 is 32.2 Å². The summed E-state index contributed by atoms with van der Waals surface area (Å²) in [6.07, 6.45) is -0.787. The van der Waals surface area contributed by atoms with Gasteiger partial charge in [0.15, 0.2) is 0 Å². The smallest absolute Gasteiger partial charge is 0.411 e. The summed E-state index contributed by atoms with van der Waals surface area (Å²) in [6.45, 7) is 3.89. The summed E-state index contributed by atoms with van der Waals surface area (Å²) < 4.78 is 48.3. The minimum absolute atomic E-state index is 0.0649. The molecule has 34 heavy (non-hydrogen) atoms. The summed E-state index contributed by atoms with van der Waals surface area (Å²) in [5.74, 6) is 0.311. The van der Waals surface area contributed by atoms with Crippen LogP contribution in [0.4, 0.5) is 13.2 Å². The van der Waals surface area contributed by atoms with E-state index in [9.17, 15) is 22.8 Å². The molecule has 0 aromatic heterocycles. The van der Waals surface area contributed by atoms with Gasteiger partial charge in [0.05, 0.1) is 6.10 Å². The fourth-order valence-electron chi connectivity index (χ4n) is 5.40. The number of fused-ring (bicyclic) bond motifs is 1. The first-order valence-electron chi connectivity index (χ1n) is 11.7. The Hall–Kier alpha value is -2.59. The number of amides is 2. The fourth-order valence-corrected chi connectivity index (χ4v) is 5.40. The molecule has 1 aliphatic carbocycles. The van der Waals surface area contributed by atoms with Crippen molar-refractivity contribution in [2.75, 3.05) is 19.7 Å². The third-order valence-corrected chi connectivity index (χ3v) is 7.14. The molecular formula is C24H28F3N3O4. The maximum Gasteiger partial charge on any atom is 0.411 e. The Morgan fingerprint density at radius 2 is 1.94 bits per heavy atom. The van der Waals surface area contributed by atoms with E-state index in [1.54, 1.807) is 17.0 Å². The number of allylic oxidation sites excluding steroid dienone is 1. The van der Waals surface area contributed by atoms with E-state index >= 15 is 0 Å². The van der Waals surface area contributed by atoms with Gasteiger partial charge in [-0.15, -0.1) is 0 Å². The molecule has 1 N–H and O–H groups in total. The number of rotatable bonds is 6. The minimum Gasteiger partial charge on any atom is -0.489 e. The van der Waals surface area contributed by atoms with Crippen LogP contribution in [-0.2, 0) is 16.1 Å². The summed E-state index contributed by atoms with van der Waals surface area (Å²) in [5.41, 5.74) is 2.09. The molecule has 2 amide bonds. The Bertz CT molecular complexity index is 992. The van der Waals surface area contributed by atoms with Crippen molar-refractivity contribution in [2.24, 2.45) is 0 Å². The predicted octanol–water partition coefficient (Wildman–Crippen LogP) is 3.00. The van der Waals surface area contributed by atoms with Crippen molar-refractivity contribution in [1.82, 2.24) is 15.1 Å². The minimum atomic E-state index is -4.31. The summed E-state index contributed by atoms with van der Waals surface area (Å²) in [5, 5.41) is 2.74. The molecule has 2 saturated heterocycles. The molecule has 3 heterocycles. The van der Waals surface area contributed by atoms with Crippen LogP contribution in [0.3, 0.4) is 0 Å².